The fourth-order valence-electron chi connectivity index (χ4n) is 2.48. The second-order valence-corrected chi connectivity index (χ2v) is 6.74. The molecule has 0 saturated heterocycles. The lowest BCUT2D eigenvalue weighted by Crippen LogP contribution is -2.36. The average Bonchev–Trinajstić information content (AvgIpc) is 2.37. The molecule has 1 aromatic rings. The number of halogens is 1. The van der Waals surface area contributed by atoms with Gasteiger partial charge in [-0.1, -0.05) is 52.2 Å². The van der Waals surface area contributed by atoms with Crippen LogP contribution in [0.4, 0.5) is 4.39 Å². The minimum Gasteiger partial charge on any atom is -0.313 e. The van der Waals surface area contributed by atoms with E-state index in [4.69, 9.17) is 0 Å². The van der Waals surface area contributed by atoms with Gasteiger partial charge in [0, 0.05) is 12.6 Å². The van der Waals surface area contributed by atoms with Crippen LogP contribution in [0.15, 0.2) is 24.3 Å². The highest BCUT2D eigenvalue weighted by Gasteiger charge is 2.18. The summed E-state index contributed by atoms with van der Waals surface area (Å²) >= 11 is 0. The SMILES string of the molecule is CCCCCC(C)(C)CNC(C)Cc1cccc(F)c1. The average molecular weight is 279 g/mol. The predicted octanol–water partition coefficient (Wildman–Crippen LogP) is 4.95. The Balaban J connectivity index is 2.33. The number of hydrogen-bond acceptors (Lipinski definition) is 1. The fourth-order valence-corrected chi connectivity index (χ4v) is 2.48. The van der Waals surface area contributed by atoms with Crippen LogP contribution in [-0.4, -0.2) is 12.6 Å². The van der Waals surface area contributed by atoms with E-state index in [0.29, 0.717) is 11.5 Å². The predicted molar refractivity (Wildman–Crippen MR) is 85.5 cm³/mol. The quantitative estimate of drug-likeness (QED) is 0.630. The number of rotatable bonds is 9. The topological polar surface area (TPSA) is 12.0 Å². The van der Waals surface area contributed by atoms with Gasteiger partial charge in [-0.15, -0.1) is 0 Å². The summed E-state index contributed by atoms with van der Waals surface area (Å²) in [6.07, 6.45) is 6.05. The van der Waals surface area contributed by atoms with E-state index in [-0.39, 0.29) is 5.82 Å². The molecule has 0 aromatic heterocycles. The lowest BCUT2D eigenvalue weighted by Gasteiger charge is -2.27. The maximum absolute atomic E-state index is 13.1. The standard InChI is InChI=1S/C18H30FN/c1-5-6-7-11-18(3,4)14-20-15(2)12-16-9-8-10-17(19)13-16/h8-10,13,15,20H,5-7,11-12,14H2,1-4H3. The summed E-state index contributed by atoms with van der Waals surface area (Å²) in [5.41, 5.74) is 1.40. The minimum absolute atomic E-state index is 0.144. The van der Waals surface area contributed by atoms with Crippen LogP contribution in [-0.2, 0) is 6.42 Å². The molecule has 0 bridgehead atoms. The maximum Gasteiger partial charge on any atom is 0.123 e. The van der Waals surface area contributed by atoms with Crippen LogP contribution >= 0.6 is 0 Å². The Hall–Kier alpha value is -0.890. The highest BCUT2D eigenvalue weighted by Crippen LogP contribution is 2.23. The van der Waals surface area contributed by atoms with Crippen LogP contribution < -0.4 is 5.32 Å². The van der Waals surface area contributed by atoms with Gasteiger partial charge in [0.1, 0.15) is 5.82 Å². The van der Waals surface area contributed by atoms with Crippen LogP contribution in [0, 0.1) is 11.2 Å². The van der Waals surface area contributed by atoms with E-state index in [9.17, 15) is 4.39 Å². The van der Waals surface area contributed by atoms with Gasteiger partial charge < -0.3 is 5.32 Å². The van der Waals surface area contributed by atoms with Gasteiger partial charge in [0.25, 0.3) is 0 Å². The molecule has 1 atom stereocenters. The molecule has 0 heterocycles. The van der Waals surface area contributed by atoms with E-state index in [2.05, 4.69) is 33.0 Å². The molecular weight excluding hydrogens is 249 g/mol. The van der Waals surface area contributed by atoms with Gasteiger partial charge in [0.2, 0.25) is 0 Å². The van der Waals surface area contributed by atoms with Crippen molar-refractivity contribution in [2.45, 2.75) is 65.8 Å². The first-order valence-corrected chi connectivity index (χ1v) is 7.91. The first-order valence-electron chi connectivity index (χ1n) is 7.91. The zero-order valence-corrected chi connectivity index (χ0v) is 13.5. The molecule has 0 fully saturated rings. The van der Waals surface area contributed by atoms with E-state index in [1.807, 2.05) is 6.07 Å². The molecule has 1 aromatic carbocycles. The Morgan fingerprint density at radius 2 is 2.00 bits per heavy atom. The van der Waals surface area contributed by atoms with E-state index in [0.717, 1.165) is 18.5 Å². The van der Waals surface area contributed by atoms with E-state index in [1.165, 1.54) is 31.7 Å². The lowest BCUT2D eigenvalue weighted by molar-refractivity contribution is 0.289. The monoisotopic (exact) mass is 279 g/mol. The van der Waals surface area contributed by atoms with Gasteiger partial charge >= 0.3 is 0 Å². The summed E-state index contributed by atoms with van der Waals surface area (Å²) in [7, 11) is 0. The van der Waals surface area contributed by atoms with Gasteiger partial charge in [-0.3, -0.25) is 0 Å². The number of nitrogens with one attached hydrogen (secondary N) is 1. The third-order valence-corrected chi connectivity index (χ3v) is 3.82. The molecule has 20 heavy (non-hydrogen) atoms. The van der Waals surface area contributed by atoms with Crippen molar-refractivity contribution in [3.8, 4) is 0 Å². The van der Waals surface area contributed by atoms with Crippen LogP contribution in [0.2, 0.25) is 0 Å². The molecule has 2 heteroatoms. The molecule has 0 saturated carbocycles. The second kappa shape index (κ2) is 8.41. The third kappa shape index (κ3) is 7.04. The molecular formula is C18H30FN. The summed E-state index contributed by atoms with van der Waals surface area (Å²) < 4.78 is 13.1. The van der Waals surface area contributed by atoms with Crippen molar-refractivity contribution in [1.29, 1.82) is 0 Å². The van der Waals surface area contributed by atoms with Gasteiger partial charge in [0.15, 0.2) is 0 Å². The zero-order valence-electron chi connectivity index (χ0n) is 13.5. The van der Waals surface area contributed by atoms with E-state index in [1.54, 1.807) is 12.1 Å². The highest BCUT2D eigenvalue weighted by molar-refractivity contribution is 5.17. The van der Waals surface area contributed by atoms with Crippen molar-refractivity contribution >= 4 is 0 Å². The molecule has 114 valence electrons. The lowest BCUT2D eigenvalue weighted by atomic mass is 9.86. The largest absolute Gasteiger partial charge is 0.313 e. The molecule has 0 aliphatic rings. The third-order valence-electron chi connectivity index (χ3n) is 3.82. The molecule has 0 aliphatic carbocycles. The number of hydrogen-bond donors (Lipinski definition) is 1. The van der Waals surface area contributed by atoms with Crippen molar-refractivity contribution in [3.05, 3.63) is 35.6 Å². The maximum atomic E-state index is 13.1. The Bertz CT molecular complexity index is 387. The van der Waals surface area contributed by atoms with Crippen molar-refractivity contribution in [2.24, 2.45) is 5.41 Å². The van der Waals surface area contributed by atoms with Crippen molar-refractivity contribution in [3.63, 3.8) is 0 Å². The Morgan fingerprint density at radius 3 is 2.65 bits per heavy atom. The molecule has 1 nitrogen and oxygen atoms in total. The van der Waals surface area contributed by atoms with Crippen LogP contribution in [0.3, 0.4) is 0 Å². The second-order valence-electron chi connectivity index (χ2n) is 6.74. The molecule has 1 N–H and O–H groups in total. The smallest absolute Gasteiger partial charge is 0.123 e. The summed E-state index contributed by atoms with van der Waals surface area (Å²) in [5.74, 6) is -0.144. The van der Waals surface area contributed by atoms with Gasteiger partial charge in [0.05, 0.1) is 0 Å². The first-order chi connectivity index (χ1) is 9.43. The van der Waals surface area contributed by atoms with Crippen molar-refractivity contribution < 1.29 is 4.39 Å². The Labute approximate surface area is 124 Å². The zero-order chi connectivity index (χ0) is 15.0. The normalized spacial score (nSPS) is 13.4. The number of benzene rings is 1. The molecule has 0 amide bonds. The molecule has 0 spiro atoms. The van der Waals surface area contributed by atoms with E-state index >= 15 is 0 Å². The van der Waals surface area contributed by atoms with Gasteiger partial charge in [-0.25, -0.2) is 4.39 Å². The Kier molecular flexibility index (Phi) is 7.22. The van der Waals surface area contributed by atoms with Gasteiger partial charge in [-0.05, 0) is 42.9 Å². The first kappa shape index (κ1) is 17.2. The highest BCUT2D eigenvalue weighted by atomic mass is 19.1. The summed E-state index contributed by atoms with van der Waals surface area (Å²) in [5, 5.41) is 3.60. The molecule has 1 unspecified atom stereocenters. The van der Waals surface area contributed by atoms with Crippen molar-refractivity contribution in [1.82, 2.24) is 5.32 Å². The molecule has 0 radical (unpaired) electrons. The minimum atomic E-state index is -0.144. The molecule has 0 aliphatic heterocycles. The van der Waals surface area contributed by atoms with Crippen LogP contribution in [0.5, 0.6) is 0 Å². The van der Waals surface area contributed by atoms with E-state index < -0.39 is 0 Å². The fraction of sp³-hybridized carbons (Fsp3) is 0.667. The summed E-state index contributed by atoms with van der Waals surface area (Å²) in [6.45, 7) is 10.1. The van der Waals surface area contributed by atoms with Crippen LogP contribution in [0.25, 0.3) is 0 Å². The summed E-state index contributed by atoms with van der Waals surface area (Å²) in [6, 6.07) is 7.28. The van der Waals surface area contributed by atoms with Crippen LogP contribution in [0.1, 0.15) is 58.9 Å². The number of unbranched alkanes of at least 4 members (excludes halogenated alkanes) is 2. The van der Waals surface area contributed by atoms with Crippen molar-refractivity contribution in [2.75, 3.05) is 6.54 Å². The summed E-state index contributed by atoms with van der Waals surface area (Å²) in [4.78, 5) is 0. The Morgan fingerprint density at radius 1 is 1.25 bits per heavy atom. The molecule has 1 rings (SSSR count). The van der Waals surface area contributed by atoms with Gasteiger partial charge in [-0.2, -0.15) is 0 Å².